The minimum Gasteiger partial charge on any atom is -0.355 e. The molecule has 0 radical (unpaired) electrons. The van der Waals surface area contributed by atoms with Gasteiger partial charge in [0.05, 0.1) is 27.0 Å². The Hall–Kier alpha value is -3.34. The van der Waals surface area contributed by atoms with Gasteiger partial charge in [0, 0.05) is 24.1 Å². The number of benzene rings is 1. The van der Waals surface area contributed by atoms with Gasteiger partial charge in [-0.2, -0.15) is 0 Å². The van der Waals surface area contributed by atoms with Crippen molar-refractivity contribution in [1.82, 2.24) is 5.32 Å². The first kappa shape index (κ1) is 18.5. The molecule has 140 valence electrons. The van der Waals surface area contributed by atoms with Crippen LogP contribution in [0.5, 0.6) is 0 Å². The van der Waals surface area contributed by atoms with Gasteiger partial charge < -0.3 is 10.6 Å². The molecule has 0 aliphatic heterocycles. The number of thiophene rings is 1. The number of rotatable bonds is 5. The van der Waals surface area contributed by atoms with Crippen molar-refractivity contribution in [2.75, 3.05) is 12.4 Å². The van der Waals surface area contributed by atoms with Crippen molar-refractivity contribution in [2.45, 2.75) is 19.3 Å². The molecule has 2 N–H and O–H groups in total. The third-order valence-electron chi connectivity index (χ3n) is 4.19. The topological polar surface area (TPSA) is 144 Å². The van der Waals surface area contributed by atoms with E-state index >= 15 is 0 Å². The molecule has 11 heteroatoms. The molecule has 10 nitrogen and oxygen atoms in total. The maximum atomic E-state index is 12.6. The smallest absolute Gasteiger partial charge is 0.277 e. The average Bonchev–Trinajstić information content (AvgIpc) is 3.21. The largest absolute Gasteiger partial charge is 0.355 e. The number of fused-ring (bicyclic) bond motifs is 1. The fourth-order valence-electron chi connectivity index (χ4n) is 2.97. The number of hydrogen-bond acceptors (Lipinski definition) is 7. The highest BCUT2D eigenvalue weighted by Gasteiger charge is 2.28. The lowest BCUT2D eigenvalue weighted by Gasteiger charge is -2.07. The highest BCUT2D eigenvalue weighted by Crippen LogP contribution is 2.39. The molecule has 1 aliphatic carbocycles. The Morgan fingerprint density at radius 2 is 1.67 bits per heavy atom. The second kappa shape index (κ2) is 7.11. The van der Waals surface area contributed by atoms with Crippen LogP contribution >= 0.6 is 11.3 Å². The van der Waals surface area contributed by atoms with Crippen LogP contribution in [0.25, 0.3) is 0 Å². The molecule has 1 aromatic heterocycles. The summed E-state index contributed by atoms with van der Waals surface area (Å²) >= 11 is 1.28. The van der Waals surface area contributed by atoms with Crippen LogP contribution in [0.4, 0.5) is 16.4 Å². The predicted octanol–water partition coefficient (Wildman–Crippen LogP) is 2.67. The van der Waals surface area contributed by atoms with Gasteiger partial charge in [-0.3, -0.25) is 29.8 Å². The number of carbonyl (C=O) groups is 2. The van der Waals surface area contributed by atoms with E-state index in [0.717, 1.165) is 47.9 Å². The van der Waals surface area contributed by atoms with Crippen LogP contribution in [0.1, 0.15) is 37.6 Å². The number of aryl methyl sites for hydroxylation is 1. The summed E-state index contributed by atoms with van der Waals surface area (Å²) < 4.78 is 0. The Morgan fingerprint density at radius 3 is 2.22 bits per heavy atom. The van der Waals surface area contributed by atoms with Crippen molar-refractivity contribution in [2.24, 2.45) is 0 Å². The maximum absolute atomic E-state index is 12.6. The SMILES string of the molecule is CNC(=O)c1c(NC(=O)c2cc([N+](=O)[O-])cc([N+](=O)[O-])c2)sc2c1CCC2. The van der Waals surface area contributed by atoms with Gasteiger partial charge in [0.15, 0.2) is 0 Å². The molecular formula is C16H14N4O6S. The van der Waals surface area contributed by atoms with Crippen LogP contribution in [-0.4, -0.2) is 28.7 Å². The number of carbonyl (C=O) groups excluding carboxylic acids is 2. The maximum Gasteiger partial charge on any atom is 0.277 e. The fraction of sp³-hybridized carbons (Fsp3) is 0.250. The van der Waals surface area contributed by atoms with E-state index < -0.39 is 27.1 Å². The first-order chi connectivity index (χ1) is 12.8. The third kappa shape index (κ3) is 3.49. The number of amides is 2. The third-order valence-corrected chi connectivity index (χ3v) is 5.40. The standard InChI is InChI=1S/C16H14N4O6S/c1-17-15(22)13-11-3-2-4-12(11)27-16(13)18-14(21)8-5-9(19(23)24)7-10(6-8)20(25)26/h5-7H,2-4H2,1H3,(H,17,22)(H,18,21). The van der Waals surface area contributed by atoms with Crippen molar-refractivity contribution < 1.29 is 19.4 Å². The van der Waals surface area contributed by atoms with Crippen LogP contribution in [-0.2, 0) is 12.8 Å². The summed E-state index contributed by atoms with van der Waals surface area (Å²) in [6.45, 7) is 0. The minimum atomic E-state index is -0.806. The number of non-ortho nitro benzene ring substituents is 2. The normalized spacial score (nSPS) is 12.3. The van der Waals surface area contributed by atoms with Crippen molar-refractivity contribution in [3.8, 4) is 0 Å². The Labute approximate surface area is 156 Å². The molecule has 0 saturated heterocycles. The van der Waals surface area contributed by atoms with E-state index in [-0.39, 0.29) is 11.5 Å². The van der Waals surface area contributed by atoms with Gasteiger partial charge >= 0.3 is 0 Å². The highest BCUT2D eigenvalue weighted by molar-refractivity contribution is 7.17. The monoisotopic (exact) mass is 390 g/mol. The molecule has 0 spiro atoms. The Bertz CT molecular complexity index is 951. The Kier molecular flexibility index (Phi) is 4.86. The zero-order valence-electron chi connectivity index (χ0n) is 14.1. The van der Waals surface area contributed by atoms with Gasteiger partial charge in [-0.05, 0) is 24.8 Å². The number of nitrogens with one attached hydrogen (secondary N) is 2. The lowest BCUT2D eigenvalue weighted by molar-refractivity contribution is -0.394. The summed E-state index contributed by atoms with van der Waals surface area (Å²) in [4.78, 5) is 46.2. The molecule has 2 aromatic rings. The minimum absolute atomic E-state index is 0.229. The van der Waals surface area contributed by atoms with Crippen molar-refractivity contribution in [3.63, 3.8) is 0 Å². The molecule has 1 aromatic carbocycles. The molecule has 2 amide bonds. The number of nitro benzene ring substituents is 2. The van der Waals surface area contributed by atoms with Crippen LogP contribution in [0.3, 0.4) is 0 Å². The number of nitro groups is 2. The van der Waals surface area contributed by atoms with E-state index in [2.05, 4.69) is 10.6 Å². The van der Waals surface area contributed by atoms with Crippen molar-refractivity contribution in [1.29, 1.82) is 0 Å². The summed E-state index contributed by atoms with van der Waals surface area (Å²) in [6.07, 6.45) is 2.46. The van der Waals surface area contributed by atoms with E-state index in [9.17, 15) is 29.8 Å². The quantitative estimate of drug-likeness (QED) is 0.593. The first-order valence-electron chi connectivity index (χ1n) is 7.93. The number of hydrogen-bond donors (Lipinski definition) is 2. The van der Waals surface area contributed by atoms with E-state index in [1.807, 2.05) is 0 Å². The van der Waals surface area contributed by atoms with Gasteiger partial charge in [0.25, 0.3) is 23.2 Å². The first-order valence-corrected chi connectivity index (χ1v) is 8.75. The van der Waals surface area contributed by atoms with Gasteiger partial charge in [0.2, 0.25) is 0 Å². The summed E-state index contributed by atoms with van der Waals surface area (Å²) in [7, 11) is 1.48. The summed E-state index contributed by atoms with van der Waals surface area (Å²) in [5, 5.41) is 27.4. The van der Waals surface area contributed by atoms with Gasteiger partial charge in [-0.15, -0.1) is 11.3 Å². The van der Waals surface area contributed by atoms with E-state index in [4.69, 9.17) is 0 Å². The molecular weight excluding hydrogens is 376 g/mol. The number of anilines is 1. The summed E-state index contributed by atoms with van der Waals surface area (Å²) in [6, 6.07) is 2.71. The molecule has 0 atom stereocenters. The van der Waals surface area contributed by atoms with Gasteiger partial charge in [-0.1, -0.05) is 0 Å². The lowest BCUT2D eigenvalue weighted by Crippen LogP contribution is -2.21. The zero-order valence-corrected chi connectivity index (χ0v) is 14.9. The summed E-state index contributed by atoms with van der Waals surface area (Å²) in [5.41, 5.74) is -0.0839. The number of nitrogens with zero attached hydrogens (tertiary/aromatic N) is 2. The molecule has 0 saturated carbocycles. The second-order valence-electron chi connectivity index (χ2n) is 5.85. The highest BCUT2D eigenvalue weighted by atomic mass is 32.1. The van der Waals surface area contributed by atoms with Crippen LogP contribution in [0.2, 0.25) is 0 Å². The average molecular weight is 390 g/mol. The van der Waals surface area contributed by atoms with Crippen molar-refractivity contribution in [3.05, 3.63) is 60.0 Å². The summed E-state index contributed by atoms with van der Waals surface area (Å²) in [5.74, 6) is -1.10. The zero-order chi connectivity index (χ0) is 19.7. The Balaban J connectivity index is 1.98. The van der Waals surface area contributed by atoms with Gasteiger partial charge in [0.1, 0.15) is 5.00 Å². The van der Waals surface area contributed by atoms with E-state index in [1.165, 1.54) is 18.4 Å². The molecule has 0 bridgehead atoms. The van der Waals surface area contributed by atoms with Crippen molar-refractivity contribution >= 4 is 39.5 Å². The van der Waals surface area contributed by atoms with Crippen LogP contribution < -0.4 is 10.6 Å². The Morgan fingerprint density at radius 1 is 1.04 bits per heavy atom. The fourth-order valence-corrected chi connectivity index (χ4v) is 4.25. The molecule has 1 heterocycles. The lowest BCUT2D eigenvalue weighted by atomic mass is 10.1. The van der Waals surface area contributed by atoms with E-state index in [1.54, 1.807) is 0 Å². The molecule has 1 aliphatic rings. The predicted molar refractivity (Wildman–Crippen MR) is 97.4 cm³/mol. The van der Waals surface area contributed by atoms with Crippen LogP contribution in [0.15, 0.2) is 18.2 Å². The molecule has 3 rings (SSSR count). The molecule has 0 fully saturated rings. The second-order valence-corrected chi connectivity index (χ2v) is 6.95. The van der Waals surface area contributed by atoms with E-state index in [0.29, 0.717) is 10.6 Å². The molecule has 27 heavy (non-hydrogen) atoms. The van der Waals surface area contributed by atoms with Crippen LogP contribution in [0, 0.1) is 20.2 Å². The van der Waals surface area contributed by atoms with Gasteiger partial charge in [-0.25, -0.2) is 0 Å². The molecule has 0 unspecified atom stereocenters.